The van der Waals surface area contributed by atoms with E-state index in [1.165, 1.54) is 16.6 Å². The van der Waals surface area contributed by atoms with E-state index in [-0.39, 0.29) is 10.9 Å². The lowest BCUT2D eigenvalue weighted by molar-refractivity contribution is 0.271. The number of aromatic nitrogens is 4. The van der Waals surface area contributed by atoms with Crippen molar-refractivity contribution in [1.29, 1.82) is 0 Å². The Hall–Kier alpha value is -2.62. The van der Waals surface area contributed by atoms with Crippen LogP contribution in [0.4, 0.5) is 0 Å². The fraction of sp³-hybridized carbons (Fsp3) is 0.316. The molecule has 3 aromatic rings. The molecular formula is C19H22N6O2S. The van der Waals surface area contributed by atoms with Crippen LogP contribution in [0.25, 0.3) is 5.69 Å². The number of piperazine rings is 1. The first-order chi connectivity index (χ1) is 13.6. The molecule has 1 N–H and O–H groups in total. The number of hydrogen-bond acceptors (Lipinski definition) is 6. The van der Waals surface area contributed by atoms with Gasteiger partial charge in [0.25, 0.3) is 0 Å². The van der Waals surface area contributed by atoms with Crippen molar-refractivity contribution < 1.29 is 8.42 Å². The number of aryl methyl sites for hydroxylation is 1. The van der Waals surface area contributed by atoms with Crippen LogP contribution in [0.15, 0.2) is 59.8 Å². The van der Waals surface area contributed by atoms with Gasteiger partial charge in [0.05, 0.1) is 16.6 Å². The molecule has 1 fully saturated rings. The highest BCUT2D eigenvalue weighted by atomic mass is 32.2. The molecule has 1 aliphatic rings. The quantitative estimate of drug-likeness (QED) is 0.701. The fourth-order valence-electron chi connectivity index (χ4n) is 3.43. The highest BCUT2D eigenvalue weighted by Gasteiger charge is 2.34. The van der Waals surface area contributed by atoms with Crippen molar-refractivity contribution in [3.8, 4) is 5.69 Å². The summed E-state index contributed by atoms with van der Waals surface area (Å²) in [6, 6.07) is 14.6. The number of sulfonamides is 1. The molecule has 0 spiro atoms. The molecule has 9 heteroatoms. The van der Waals surface area contributed by atoms with Gasteiger partial charge in [-0.3, -0.25) is 0 Å². The van der Waals surface area contributed by atoms with Gasteiger partial charge in [-0.2, -0.15) is 4.31 Å². The van der Waals surface area contributed by atoms with Gasteiger partial charge in [0.2, 0.25) is 10.0 Å². The third kappa shape index (κ3) is 3.56. The lowest BCUT2D eigenvalue weighted by atomic mass is 10.0. The first kappa shape index (κ1) is 18.7. The van der Waals surface area contributed by atoms with Gasteiger partial charge in [-0.15, -0.1) is 5.10 Å². The Labute approximate surface area is 164 Å². The minimum absolute atomic E-state index is 0.234. The van der Waals surface area contributed by atoms with Gasteiger partial charge in [-0.1, -0.05) is 37.3 Å². The van der Waals surface area contributed by atoms with Crippen LogP contribution in [0.2, 0.25) is 0 Å². The Bertz CT molecular complexity index is 1030. The zero-order valence-corrected chi connectivity index (χ0v) is 16.4. The number of nitrogens with one attached hydrogen (secondary N) is 1. The van der Waals surface area contributed by atoms with Crippen LogP contribution < -0.4 is 5.32 Å². The van der Waals surface area contributed by atoms with Crippen LogP contribution in [-0.2, 0) is 16.4 Å². The molecule has 1 saturated heterocycles. The van der Waals surface area contributed by atoms with Gasteiger partial charge in [-0.05, 0) is 46.2 Å². The van der Waals surface area contributed by atoms with E-state index in [9.17, 15) is 8.42 Å². The van der Waals surface area contributed by atoms with Crippen molar-refractivity contribution in [2.24, 2.45) is 0 Å². The van der Waals surface area contributed by atoms with Crippen molar-refractivity contribution >= 4 is 10.0 Å². The first-order valence-electron chi connectivity index (χ1n) is 9.24. The maximum Gasteiger partial charge on any atom is 0.243 e. The average Bonchev–Trinajstić information content (AvgIpc) is 3.29. The van der Waals surface area contributed by atoms with E-state index in [1.807, 2.05) is 12.1 Å². The zero-order chi connectivity index (χ0) is 19.6. The number of benzene rings is 2. The minimum Gasteiger partial charge on any atom is -0.313 e. The summed E-state index contributed by atoms with van der Waals surface area (Å²) in [5, 5.41) is 14.4. The van der Waals surface area contributed by atoms with Crippen LogP contribution >= 0.6 is 0 Å². The monoisotopic (exact) mass is 398 g/mol. The minimum atomic E-state index is -3.68. The topological polar surface area (TPSA) is 93.0 Å². The number of hydrogen-bond donors (Lipinski definition) is 1. The summed E-state index contributed by atoms with van der Waals surface area (Å²) >= 11 is 0. The molecule has 4 rings (SSSR count). The first-order valence-corrected chi connectivity index (χ1v) is 10.7. The second-order valence-electron chi connectivity index (χ2n) is 6.68. The van der Waals surface area contributed by atoms with Crippen LogP contribution in [0.5, 0.6) is 0 Å². The summed E-state index contributed by atoms with van der Waals surface area (Å²) in [5.74, 6) is 0. The molecule has 0 amide bonds. The van der Waals surface area contributed by atoms with E-state index in [0.717, 1.165) is 12.0 Å². The Kier molecular flexibility index (Phi) is 5.21. The Balaban J connectivity index is 1.69. The Morgan fingerprint density at radius 1 is 1.18 bits per heavy atom. The molecule has 28 heavy (non-hydrogen) atoms. The summed E-state index contributed by atoms with van der Waals surface area (Å²) in [5.41, 5.74) is 2.82. The predicted molar refractivity (Wildman–Crippen MR) is 104 cm³/mol. The molecule has 0 bridgehead atoms. The fourth-order valence-corrected chi connectivity index (χ4v) is 5.09. The second-order valence-corrected chi connectivity index (χ2v) is 8.57. The highest BCUT2D eigenvalue weighted by Crippen LogP contribution is 2.29. The third-order valence-electron chi connectivity index (χ3n) is 5.00. The van der Waals surface area contributed by atoms with Crippen LogP contribution in [0.1, 0.15) is 24.1 Å². The highest BCUT2D eigenvalue weighted by molar-refractivity contribution is 7.89. The number of rotatable bonds is 5. The van der Waals surface area contributed by atoms with Crippen LogP contribution in [0.3, 0.4) is 0 Å². The standard InChI is InChI=1S/C19H22N6O2S/c1-2-15-6-8-16(9-7-15)19-13-20-10-11-25(19)28(26,27)18-5-3-4-17(12-18)24-14-21-22-23-24/h3-9,12,14,19-20H,2,10-11,13H2,1H3. The molecule has 0 saturated carbocycles. The normalized spacial score (nSPS) is 18.2. The molecule has 0 aliphatic carbocycles. The summed E-state index contributed by atoms with van der Waals surface area (Å²) in [6.45, 7) is 3.72. The van der Waals surface area contributed by atoms with Gasteiger partial charge in [0.15, 0.2) is 0 Å². The van der Waals surface area contributed by atoms with Crippen LogP contribution in [-0.4, -0.2) is 52.6 Å². The molecule has 1 aromatic heterocycles. The molecule has 1 atom stereocenters. The van der Waals surface area contributed by atoms with Crippen molar-refractivity contribution in [2.45, 2.75) is 24.3 Å². The van der Waals surface area contributed by atoms with E-state index < -0.39 is 10.0 Å². The van der Waals surface area contributed by atoms with E-state index in [0.29, 0.717) is 25.3 Å². The Morgan fingerprint density at radius 2 is 2.00 bits per heavy atom. The average molecular weight is 398 g/mol. The third-order valence-corrected chi connectivity index (χ3v) is 6.91. The lowest BCUT2D eigenvalue weighted by Gasteiger charge is -2.35. The molecule has 146 valence electrons. The second kappa shape index (κ2) is 7.78. The van der Waals surface area contributed by atoms with Gasteiger partial charge < -0.3 is 5.32 Å². The van der Waals surface area contributed by atoms with E-state index in [2.05, 4.69) is 39.9 Å². The Morgan fingerprint density at radius 3 is 2.71 bits per heavy atom. The molecule has 8 nitrogen and oxygen atoms in total. The maximum atomic E-state index is 13.5. The number of nitrogens with zero attached hydrogens (tertiary/aromatic N) is 5. The number of tetrazole rings is 1. The van der Waals surface area contributed by atoms with Gasteiger partial charge >= 0.3 is 0 Å². The predicted octanol–water partition coefficient (Wildman–Crippen LogP) is 1.56. The molecule has 1 aliphatic heterocycles. The van der Waals surface area contributed by atoms with Gasteiger partial charge in [-0.25, -0.2) is 13.1 Å². The largest absolute Gasteiger partial charge is 0.313 e. The van der Waals surface area contributed by atoms with E-state index >= 15 is 0 Å². The van der Waals surface area contributed by atoms with E-state index in [1.54, 1.807) is 28.6 Å². The smallest absolute Gasteiger partial charge is 0.243 e. The van der Waals surface area contributed by atoms with Crippen molar-refractivity contribution in [3.63, 3.8) is 0 Å². The van der Waals surface area contributed by atoms with Gasteiger partial charge in [0, 0.05) is 19.6 Å². The maximum absolute atomic E-state index is 13.5. The lowest BCUT2D eigenvalue weighted by Crippen LogP contribution is -2.48. The van der Waals surface area contributed by atoms with Crippen molar-refractivity contribution in [3.05, 3.63) is 66.0 Å². The molecule has 0 radical (unpaired) electrons. The van der Waals surface area contributed by atoms with Crippen molar-refractivity contribution in [1.82, 2.24) is 29.8 Å². The molecule has 2 aromatic carbocycles. The SMILES string of the molecule is CCc1ccc(C2CNCCN2S(=O)(=O)c2cccc(-n3cnnn3)c2)cc1. The zero-order valence-electron chi connectivity index (χ0n) is 15.6. The molecule has 2 heterocycles. The summed E-state index contributed by atoms with van der Waals surface area (Å²) in [4.78, 5) is 0.234. The summed E-state index contributed by atoms with van der Waals surface area (Å²) in [6.07, 6.45) is 2.39. The molecule has 1 unspecified atom stereocenters. The molecular weight excluding hydrogens is 376 g/mol. The van der Waals surface area contributed by atoms with E-state index in [4.69, 9.17) is 0 Å². The van der Waals surface area contributed by atoms with Crippen LogP contribution in [0, 0.1) is 0 Å². The summed E-state index contributed by atoms with van der Waals surface area (Å²) in [7, 11) is -3.68. The van der Waals surface area contributed by atoms with Gasteiger partial charge in [0.1, 0.15) is 6.33 Å². The van der Waals surface area contributed by atoms with Crippen molar-refractivity contribution in [2.75, 3.05) is 19.6 Å². The summed E-state index contributed by atoms with van der Waals surface area (Å²) < 4.78 is 29.9.